The van der Waals surface area contributed by atoms with Gasteiger partial charge in [0.05, 0.1) is 25.7 Å². The summed E-state index contributed by atoms with van der Waals surface area (Å²) in [5, 5.41) is 15.0. The van der Waals surface area contributed by atoms with Crippen molar-refractivity contribution in [1.29, 1.82) is 0 Å². The zero-order valence-electron chi connectivity index (χ0n) is 11.7. The third-order valence-electron chi connectivity index (χ3n) is 3.35. The number of morpholine rings is 1. The van der Waals surface area contributed by atoms with Crippen LogP contribution in [-0.2, 0) is 14.3 Å². The Labute approximate surface area is 123 Å². The Morgan fingerprint density at radius 1 is 1.38 bits per heavy atom. The second-order valence-electron chi connectivity index (χ2n) is 5.06. The minimum Gasteiger partial charge on any atom is -0.481 e. The number of hydrogen-bond acceptors (Lipinski definition) is 4. The van der Waals surface area contributed by atoms with Crippen molar-refractivity contribution in [3.63, 3.8) is 0 Å². The van der Waals surface area contributed by atoms with Crippen LogP contribution in [0.4, 0.5) is 0 Å². The van der Waals surface area contributed by atoms with E-state index in [2.05, 4.69) is 10.6 Å². The molecule has 1 aliphatic rings. The number of nitrogens with one attached hydrogen (secondary N) is 2. The fourth-order valence-corrected chi connectivity index (χ4v) is 2.34. The van der Waals surface area contributed by atoms with Crippen LogP contribution >= 0.6 is 0 Å². The summed E-state index contributed by atoms with van der Waals surface area (Å²) in [6.07, 6.45) is 0.146. The lowest BCUT2D eigenvalue weighted by atomic mass is 10.0. The summed E-state index contributed by atoms with van der Waals surface area (Å²) in [5.41, 5.74) is 0.793. The van der Waals surface area contributed by atoms with Gasteiger partial charge < -0.3 is 20.5 Å². The summed E-state index contributed by atoms with van der Waals surface area (Å²) in [7, 11) is 0. The number of aliphatic carboxylic acids is 1. The average Bonchev–Trinajstić information content (AvgIpc) is 2.48. The van der Waals surface area contributed by atoms with Crippen molar-refractivity contribution < 1.29 is 19.4 Å². The van der Waals surface area contributed by atoms with Gasteiger partial charge in [-0.15, -0.1) is 0 Å². The van der Waals surface area contributed by atoms with E-state index in [0.717, 1.165) is 12.1 Å². The van der Waals surface area contributed by atoms with Crippen LogP contribution in [-0.4, -0.2) is 42.8 Å². The van der Waals surface area contributed by atoms with Gasteiger partial charge in [-0.3, -0.25) is 9.59 Å². The zero-order valence-corrected chi connectivity index (χ0v) is 11.7. The number of ether oxygens (including phenoxy) is 1. The van der Waals surface area contributed by atoms with Crippen molar-refractivity contribution in [2.75, 3.05) is 19.8 Å². The van der Waals surface area contributed by atoms with Crippen molar-refractivity contribution in [1.82, 2.24) is 10.6 Å². The Balaban J connectivity index is 1.94. The fraction of sp³-hybridized carbons (Fsp3) is 0.467. The Kier molecular flexibility index (Phi) is 5.71. The van der Waals surface area contributed by atoms with Crippen molar-refractivity contribution in [3.05, 3.63) is 35.9 Å². The van der Waals surface area contributed by atoms with Crippen LogP contribution in [0.1, 0.15) is 24.4 Å². The minimum absolute atomic E-state index is 0.0139. The molecule has 1 amide bonds. The smallest absolute Gasteiger partial charge is 0.305 e. The summed E-state index contributed by atoms with van der Waals surface area (Å²) in [5.74, 6) is -1.11. The summed E-state index contributed by atoms with van der Waals surface area (Å²) in [6.45, 7) is 1.89. The maximum atomic E-state index is 12.1. The van der Waals surface area contributed by atoms with Crippen molar-refractivity contribution >= 4 is 11.9 Å². The van der Waals surface area contributed by atoms with E-state index >= 15 is 0 Å². The summed E-state index contributed by atoms with van der Waals surface area (Å²) < 4.78 is 5.30. The molecule has 1 heterocycles. The number of amides is 1. The van der Waals surface area contributed by atoms with Gasteiger partial charge in [-0.25, -0.2) is 0 Å². The van der Waals surface area contributed by atoms with E-state index in [4.69, 9.17) is 9.84 Å². The highest BCUT2D eigenvalue weighted by Crippen LogP contribution is 2.17. The molecule has 114 valence electrons. The van der Waals surface area contributed by atoms with Crippen LogP contribution in [0.3, 0.4) is 0 Å². The van der Waals surface area contributed by atoms with Crippen molar-refractivity contribution in [2.45, 2.75) is 24.9 Å². The van der Waals surface area contributed by atoms with Crippen LogP contribution in [0.15, 0.2) is 30.3 Å². The van der Waals surface area contributed by atoms with Crippen LogP contribution in [0.25, 0.3) is 0 Å². The van der Waals surface area contributed by atoms with E-state index in [9.17, 15) is 9.59 Å². The average molecular weight is 292 g/mol. The molecule has 1 saturated heterocycles. The van der Waals surface area contributed by atoms with Crippen LogP contribution in [0.2, 0.25) is 0 Å². The Bertz CT molecular complexity index is 472. The first kappa shape index (κ1) is 15.5. The van der Waals surface area contributed by atoms with Gasteiger partial charge in [-0.05, 0) is 5.56 Å². The van der Waals surface area contributed by atoms with E-state index in [1.807, 2.05) is 30.3 Å². The molecule has 0 aromatic heterocycles. The monoisotopic (exact) mass is 292 g/mol. The summed E-state index contributed by atoms with van der Waals surface area (Å²) in [4.78, 5) is 23.0. The standard InChI is InChI=1S/C15H20N2O4/c18-14(8-12-10-21-7-6-16-12)17-13(9-15(19)20)11-4-2-1-3-5-11/h1-5,12-13,16H,6-10H2,(H,17,18)(H,19,20). The first-order valence-electron chi connectivity index (χ1n) is 7.02. The lowest BCUT2D eigenvalue weighted by Crippen LogP contribution is -2.44. The highest BCUT2D eigenvalue weighted by atomic mass is 16.5. The van der Waals surface area contributed by atoms with Crippen LogP contribution < -0.4 is 10.6 Å². The quantitative estimate of drug-likeness (QED) is 0.718. The number of hydrogen-bond donors (Lipinski definition) is 3. The molecule has 21 heavy (non-hydrogen) atoms. The number of carboxylic acid groups (broad SMARTS) is 1. The van der Waals surface area contributed by atoms with Crippen LogP contribution in [0.5, 0.6) is 0 Å². The van der Waals surface area contributed by atoms with E-state index in [1.165, 1.54) is 0 Å². The molecule has 0 radical (unpaired) electrons. The van der Waals surface area contributed by atoms with Gasteiger partial charge in [0, 0.05) is 19.0 Å². The second-order valence-corrected chi connectivity index (χ2v) is 5.06. The molecule has 6 nitrogen and oxygen atoms in total. The maximum absolute atomic E-state index is 12.1. The van der Waals surface area contributed by atoms with Crippen molar-refractivity contribution in [2.24, 2.45) is 0 Å². The second kappa shape index (κ2) is 7.75. The van der Waals surface area contributed by atoms with Crippen molar-refractivity contribution in [3.8, 4) is 0 Å². The molecule has 0 spiro atoms. The third kappa shape index (κ3) is 5.17. The highest BCUT2D eigenvalue weighted by Gasteiger charge is 2.21. The molecular formula is C15H20N2O4. The molecular weight excluding hydrogens is 272 g/mol. The maximum Gasteiger partial charge on any atom is 0.305 e. The molecule has 2 atom stereocenters. The zero-order chi connectivity index (χ0) is 15.1. The predicted molar refractivity (Wildman–Crippen MR) is 76.8 cm³/mol. The minimum atomic E-state index is -0.941. The molecule has 1 aliphatic heterocycles. The lowest BCUT2D eigenvalue weighted by molar-refractivity contribution is -0.137. The Morgan fingerprint density at radius 2 is 2.14 bits per heavy atom. The number of carboxylic acids is 1. The van der Waals surface area contributed by atoms with Gasteiger partial charge >= 0.3 is 5.97 Å². The molecule has 2 unspecified atom stereocenters. The van der Waals surface area contributed by atoms with Gasteiger partial charge in [0.15, 0.2) is 0 Å². The molecule has 6 heteroatoms. The van der Waals surface area contributed by atoms with E-state index < -0.39 is 12.0 Å². The number of rotatable bonds is 6. The van der Waals surface area contributed by atoms with Gasteiger partial charge in [0.1, 0.15) is 0 Å². The van der Waals surface area contributed by atoms with Crippen LogP contribution in [0, 0.1) is 0 Å². The first-order valence-corrected chi connectivity index (χ1v) is 7.02. The van der Waals surface area contributed by atoms with E-state index in [0.29, 0.717) is 13.2 Å². The Hall–Kier alpha value is -1.92. The molecule has 3 N–H and O–H groups in total. The van der Waals surface area contributed by atoms with Gasteiger partial charge in [-0.1, -0.05) is 30.3 Å². The SMILES string of the molecule is O=C(O)CC(NC(=O)CC1COCCN1)c1ccccc1. The highest BCUT2D eigenvalue weighted by molar-refractivity contribution is 5.78. The molecule has 0 bridgehead atoms. The molecule has 0 saturated carbocycles. The number of carbonyl (C=O) groups excluding carboxylic acids is 1. The molecule has 2 rings (SSSR count). The van der Waals surface area contributed by atoms with E-state index in [1.54, 1.807) is 0 Å². The van der Waals surface area contributed by atoms with Gasteiger partial charge in [-0.2, -0.15) is 0 Å². The number of benzene rings is 1. The first-order chi connectivity index (χ1) is 10.1. The predicted octanol–water partition coefficient (Wildman–Crippen LogP) is 0.697. The molecule has 1 fully saturated rings. The topological polar surface area (TPSA) is 87.7 Å². The summed E-state index contributed by atoms with van der Waals surface area (Å²) >= 11 is 0. The lowest BCUT2D eigenvalue weighted by Gasteiger charge is -2.24. The number of carbonyl (C=O) groups is 2. The van der Waals surface area contributed by atoms with Gasteiger partial charge in [0.2, 0.25) is 5.91 Å². The molecule has 0 aliphatic carbocycles. The third-order valence-corrected chi connectivity index (χ3v) is 3.35. The fourth-order valence-electron chi connectivity index (χ4n) is 2.34. The Morgan fingerprint density at radius 3 is 2.76 bits per heavy atom. The van der Waals surface area contributed by atoms with Gasteiger partial charge in [0.25, 0.3) is 0 Å². The molecule has 1 aromatic carbocycles. The molecule has 1 aromatic rings. The normalized spacial score (nSPS) is 19.7. The largest absolute Gasteiger partial charge is 0.481 e. The van der Waals surface area contributed by atoms with E-state index in [-0.39, 0.29) is 24.8 Å². The summed E-state index contributed by atoms with van der Waals surface area (Å²) in [6, 6.07) is 8.61.